The van der Waals surface area contributed by atoms with Crippen LogP contribution in [0.5, 0.6) is 0 Å². The van der Waals surface area contributed by atoms with Crippen LogP contribution in [0.1, 0.15) is 32.3 Å². The SMILES string of the molecule is CCN(CC)CCCCN1C(=Cc2cc[nH+]c3ccccc23)Sc2ccccc21. The molecule has 0 bridgehead atoms. The lowest BCUT2D eigenvalue weighted by molar-refractivity contribution is -0.344. The van der Waals surface area contributed by atoms with Gasteiger partial charge in [0.15, 0.2) is 6.20 Å². The molecule has 1 N–H and O–H groups in total. The quantitative estimate of drug-likeness (QED) is 0.450. The molecule has 1 aromatic heterocycles. The van der Waals surface area contributed by atoms with Gasteiger partial charge in [-0.15, -0.1) is 0 Å². The Morgan fingerprint density at radius 2 is 1.76 bits per heavy atom. The molecule has 0 unspecified atom stereocenters. The van der Waals surface area contributed by atoms with Gasteiger partial charge in [-0.3, -0.25) is 0 Å². The molecule has 2 heterocycles. The number of H-pyrrole nitrogens is 1. The highest BCUT2D eigenvalue weighted by Gasteiger charge is 2.24. The van der Waals surface area contributed by atoms with Gasteiger partial charge in [-0.1, -0.05) is 49.9 Å². The summed E-state index contributed by atoms with van der Waals surface area (Å²) in [5.41, 5.74) is 3.79. The Morgan fingerprint density at radius 3 is 2.62 bits per heavy atom. The van der Waals surface area contributed by atoms with E-state index in [-0.39, 0.29) is 0 Å². The lowest BCUT2D eigenvalue weighted by Gasteiger charge is -2.22. The van der Waals surface area contributed by atoms with Crippen LogP contribution in [0.15, 0.2) is 70.7 Å². The summed E-state index contributed by atoms with van der Waals surface area (Å²) in [5, 5.41) is 2.59. The van der Waals surface area contributed by atoms with Crippen molar-refractivity contribution in [1.29, 1.82) is 0 Å². The monoisotopic (exact) mass is 404 g/mol. The number of fused-ring (bicyclic) bond motifs is 2. The average Bonchev–Trinajstić information content (AvgIpc) is 3.11. The van der Waals surface area contributed by atoms with E-state index < -0.39 is 0 Å². The average molecular weight is 405 g/mol. The maximum atomic E-state index is 3.35. The number of thioether (sulfide) groups is 1. The van der Waals surface area contributed by atoms with Gasteiger partial charge in [0.1, 0.15) is 0 Å². The fourth-order valence-electron chi connectivity index (χ4n) is 3.97. The minimum absolute atomic E-state index is 1.06. The van der Waals surface area contributed by atoms with E-state index in [1.54, 1.807) is 0 Å². The van der Waals surface area contributed by atoms with Gasteiger partial charge in [-0.25, -0.2) is 4.98 Å². The van der Waals surface area contributed by atoms with Crippen molar-refractivity contribution in [2.75, 3.05) is 31.1 Å². The molecule has 0 saturated carbocycles. The summed E-state index contributed by atoms with van der Waals surface area (Å²) < 4.78 is 0. The number of nitrogens with zero attached hydrogens (tertiary/aromatic N) is 2. The topological polar surface area (TPSA) is 20.6 Å². The number of hydrogen-bond donors (Lipinski definition) is 0. The molecule has 0 aliphatic carbocycles. The molecule has 2 aromatic carbocycles. The lowest BCUT2D eigenvalue weighted by Crippen LogP contribution is -2.25. The number of aromatic amines is 1. The van der Waals surface area contributed by atoms with Crippen LogP contribution in [0.25, 0.3) is 17.0 Å². The molecule has 29 heavy (non-hydrogen) atoms. The Kier molecular flexibility index (Phi) is 6.53. The number of nitrogens with one attached hydrogen (secondary N) is 1. The van der Waals surface area contributed by atoms with Gasteiger partial charge >= 0.3 is 0 Å². The Morgan fingerprint density at radius 1 is 0.966 bits per heavy atom. The van der Waals surface area contributed by atoms with E-state index in [2.05, 4.69) is 89.3 Å². The maximum absolute atomic E-state index is 3.35. The van der Waals surface area contributed by atoms with Crippen molar-refractivity contribution >= 4 is 34.4 Å². The second-order valence-electron chi connectivity index (χ2n) is 7.42. The molecule has 1 aliphatic heterocycles. The summed E-state index contributed by atoms with van der Waals surface area (Å²) in [6, 6.07) is 19.5. The fraction of sp³-hybridized carbons (Fsp3) is 0.320. The predicted molar refractivity (Wildman–Crippen MR) is 125 cm³/mol. The highest BCUT2D eigenvalue weighted by molar-refractivity contribution is 8.03. The minimum Gasteiger partial charge on any atom is -0.335 e. The first-order valence-corrected chi connectivity index (χ1v) is 11.5. The van der Waals surface area contributed by atoms with Gasteiger partial charge in [-0.05, 0) is 62.3 Å². The van der Waals surface area contributed by atoms with Gasteiger partial charge in [0.2, 0.25) is 5.52 Å². The number of aromatic nitrogens is 1. The van der Waals surface area contributed by atoms with E-state index in [0.29, 0.717) is 0 Å². The van der Waals surface area contributed by atoms with Crippen LogP contribution in [0.4, 0.5) is 5.69 Å². The molecule has 0 spiro atoms. The number of benzene rings is 2. The first-order valence-electron chi connectivity index (χ1n) is 10.7. The zero-order chi connectivity index (χ0) is 20.1. The second kappa shape index (κ2) is 9.47. The van der Waals surface area contributed by atoms with Crippen LogP contribution in [0.2, 0.25) is 0 Å². The van der Waals surface area contributed by atoms with Crippen LogP contribution in [-0.2, 0) is 0 Å². The highest BCUT2D eigenvalue weighted by Crippen LogP contribution is 2.46. The van der Waals surface area contributed by atoms with Crippen molar-refractivity contribution in [3.8, 4) is 0 Å². The molecule has 4 rings (SSSR count). The zero-order valence-electron chi connectivity index (χ0n) is 17.4. The molecule has 1 aliphatic rings. The summed E-state index contributed by atoms with van der Waals surface area (Å²) in [6.07, 6.45) is 6.83. The third-order valence-electron chi connectivity index (χ3n) is 5.66. The normalized spacial score (nSPS) is 14.9. The minimum atomic E-state index is 1.06. The van der Waals surface area contributed by atoms with E-state index in [1.807, 2.05) is 18.0 Å². The molecule has 150 valence electrons. The Bertz CT molecular complexity index is 989. The lowest BCUT2D eigenvalue weighted by atomic mass is 10.1. The van der Waals surface area contributed by atoms with Gasteiger partial charge in [-0.2, -0.15) is 0 Å². The number of rotatable bonds is 8. The van der Waals surface area contributed by atoms with Gasteiger partial charge in [0.25, 0.3) is 0 Å². The van der Waals surface area contributed by atoms with Gasteiger partial charge < -0.3 is 9.80 Å². The van der Waals surface area contributed by atoms with E-state index in [0.717, 1.165) is 19.6 Å². The molecule has 4 heteroatoms. The van der Waals surface area contributed by atoms with Crippen molar-refractivity contribution in [2.45, 2.75) is 31.6 Å². The third kappa shape index (κ3) is 4.49. The van der Waals surface area contributed by atoms with E-state index in [9.17, 15) is 0 Å². The predicted octanol–water partition coefficient (Wildman–Crippen LogP) is 5.69. The van der Waals surface area contributed by atoms with Crippen molar-refractivity contribution in [1.82, 2.24) is 4.90 Å². The zero-order valence-corrected chi connectivity index (χ0v) is 18.2. The third-order valence-corrected chi connectivity index (χ3v) is 6.77. The molecule has 0 fully saturated rings. The van der Waals surface area contributed by atoms with Crippen LogP contribution in [0, 0.1) is 0 Å². The summed E-state index contributed by atoms with van der Waals surface area (Å²) in [7, 11) is 0. The van der Waals surface area contributed by atoms with Crippen molar-refractivity contribution in [2.24, 2.45) is 0 Å². The van der Waals surface area contributed by atoms with E-state index in [1.165, 1.54) is 51.5 Å². The number of hydrogen-bond acceptors (Lipinski definition) is 3. The van der Waals surface area contributed by atoms with Crippen molar-refractivity contribution in [3.63, 3.8) is 0 Å². The standard InChI is InChI=1S/C25H29N3S/c1-3-27(4-2)17-9-10-18-28-23-13-7-8-14-24(23)29-25(28)19-20-15-16-26-22-12-6-5-11-21(20)22/h5-8,11-16,19H,3-4,9-10,17-18H2,1-2H3/p+1. The molecular weight excluding hydrogens is 374 g/mol. The molecule has 0 amide bonds. The first kappa shape index (κ1) is 20.0. The Labute approximate surface area is 178 Å². The van der Waals surface area contributed by atoms with Crippen LogP contribution < -0.4 is 9.88 Å². The molecule has 0 radical (unpaired) electrons. The van der Waals surface area contributed by atoms with Crippen LogP contribution in [-0.4, -0.2) is 31.1 Å². The number of pyridine rings is 1. The van der Waals surface area contributed by atoms with E-state index >= 15 is 0 Å². The number of para-hydroxylation sites is 2. The largest absolute Gasteiger partial charge is 0.335 e. The van der Waals surface area contributed by atoms with Crippen LogP contribution in [0.3, 0.4) is 0 Å². The van der Waals surface area contributed by atoms with Crippen molar-refractivity contribution in [3.05, 3.63) is 71.4 Å². The smallest absolute Gasteiger partial charge is 0.211 e. The van der Waals surface area contributed by atoms with Crippen LogP contribution >= 0.6 is 11.8 Å². The molecule has 3 aromatic rings. The summed E-state index contributed by atoms with van der Waals surface area (Å²) >= 11 is 1.89. The Balaban J connectivity index is 1.57. The van der Waals surface area contributed by atoms with Gasteiger partial charge in [0, 0.05) is 23.6 Å². The highest BCUT2D eigenvalue weighted by atomic mass is 32.2. The maximum Gasteiger partial charge on any atom is 0.211 e. The molecule has 3 nitrogen and oxygen atoms in total. The van der Waals surface area contributed by atoms with Gasteiger partial charge in [0.05, 0.1) is 16.1 Å². The van der Waals surface area contributed by atoms with Crippen molar-refractivity contribution < 1.29 is 4.98 Å². The fourth-order valence-corrected chi connectivity index (χ4v) is 5.11. The summed E-state index contributed by atoms with van der Waals surface area (Å²) in [5.74, 6) is 0. The molecule has 0 saturated heterocycles. The summed E-state index contributed by atoms with van der Waals surface area (Å²) in [6.45, 7) is 9.03. The molecule has 0 atom stereocenters. The number of anilines is 1. The second-order valence-corrected chi connectivity index (χ2v) is 8.48. The first-order chi connectivity index (χ1) is 14.3. The molecular formula is C25H30N3S+. The number of unbranched alkanes of at least 4 members (excludes halogenated alkanes) is 1. The Hall–Kier alpha value is -2.30. The van der Waals surface area contributed by atoms with E-state index in [4.69, 9.17) is 0 Å². The summed E-state index contributed by atoms with van der Waals surface area (Å²) in [4.78, 5) is 9.73.